The lowest BCUT2D eigenvalue weighted by molar-refractivity contribution is -0.384. The summed E-state index contributed by atoms with van der Waals surface area (Å²) in [5.74, 6) is 0.256. The summed E-state index contributed by atoms with van der Waals surface area (Å²) >= 11 is 0. The van der Waals surface area contributed by atoms with E-state index in [0.717, 1.165) is 43.9 Å². The number of benzene rings is 2. The Bertz CT molecular complexity index is 1380. The van der Waals surface area contributed by atoms with Crippen molar-refractivity contribution in [3.8, 4) is 11.5 Å². The van der Waals surface area contributed by atoms with E-state index in [1.54, 1.807) is 38.2 Å². The molecule has 11 nitrogen and oxygen atoms in total. The van der Waals surface area contributed by atoms with Crippen LogP contribution in [-0.4, -0.2) is 68.1 Å². The average molecular weight is 565 g/mol. The topological polar surface area (TPSA) is 123 Å². The number of hydrogen-bond donors (Lipinski definition) is 1. The number of carbonyl (C=O) groups excluding carboxylic acids is 2. The first-order valence-electron chi connectivity index (χ1n) is 13.4. The Hall–Kier alpha value is -4.38. The zero-order valence-corrected chi connectivity index (χ0v) is 24.1. The number of nitrogens with zero attached hydrogens (tertiary/aromatic N) is 3. The first-order valence-corrected chi connectivity index (χ1v) is 13.4. The number of dihydropyridines is 1. The third-order valence-electron chi connectivity index (χ3n) is 7.68. The molecule has 0 bridgehead atoms. The molecule has 0 radical (unpaired) electrons. The predicted octanol–water partition coefficient (Wildman–Crippen LogP) is 3.88. The van der Waals surface area contributed by atoms with Crippen molar-refractivity contribution in [2.75, 3.05) is 41.0 Å². The molecule has 2 heterocycles. The molecule has 2 aliphatic heterocycles. The van der Waals surface area contributed by atoms with Crippen molar-refractivity contribution < 1.29 is 28.7 Å². The summed E-state index contributed by atoms with van der Waals surface area (Å²) in [7, 11) is 4.57. The number of methoxy groups -OCH3 is 3. The Morgan fingerprint density at radius 2 is 1.76 bits per heavy atom. The number of nitrogens with one attached hydrogen (secondary N) is 1. The number of fused-ring (bicyclic) bond motifs is 1. The first kappa shape index (κ1) is 29.6. The lowest BCUT2D eigenvalue weighted by Crippen LogP contribution is -2.38. The lowest BCUT2D eigenvalue weighted by Gasteiger charge is -2.36. The second-order valence-electron chi connectivity index (χ2n) is 10.1. The van der Waals surface area contributed by atoms with Gasteiger partial charge in [0.25, 0.3) is 5.69 Å². The van der Waals surface area contributed by atoms with Gasteiger partial charge in [-0.3, -0.25) is 19.8 Å². The number of carbonyl (C=O) groups is 2. The van der Waals surface area contributed by atoms with Gasteiger partial charge in [-0.05, 0) is 55.5 Å². The normalized spacial score (nSPS) is 17.0. The fourth-order valence-corrected chi connectivity index (χ4v) is 5.68. The molecule has 0 spiro atoms. The molecule has 41 heavy (non-hydrogen) atoms. The van der Waals surface area contributed by atoms with Gasteiger partial charge in [0, 0.05) is 49.7 Å². The molecule has 2 aromatic rings. The maximum absolute atomic E-state index is 12.9. The van der Waals surface area contributed by atoms with Crippen LogP contribution in [0.4, 0.5) is 5.69 Å². The minimum Gasteiger partial charge on any atom is -0.493 e. The highest BCUT2D eigenvalue weighted by Crippen LogP contribution is 2.40. The van der Waals surface area contributed by atoms with Gasteiger partial charge < -0.3 is 24.4 Å². The Kier molecular flexibility index (Phi) is 9.28. The number of nitro groups is 1. The molecule has 11 heteroatoms. The van der Waals surface area contributed by atoms with E-state index in [2.05, 4.69) is 10.2 Å². The van der Waals surface area contributed by atoms with E-state index in [4.69, 9.17) is 14.2 Å². The van der Waals surface area contributed by atoms with Gasteiger partial charge in [0.1, 0.15) is 0 Å². The highest BCUT2D eigenvalue weighted by atomic mass is 16.6. The van der Waals surface area contributed by atoms with Crippen molar-refractivity contribution in [2.45, 2.75) is 39.2 Å². The zero-order chi connectivity index (χ0) is 29.7. The van der Waals surface area contributed by atoms with Crippen LogP contribution in [0.2, 0.25) is 0 Å². The summed E-state index contributed by atoms with van der Waals surface area (Å²) in [6.45, 7) is 6.45. The largest absolute Gasteiger partial charge is 0.493 e. The van der Waals surface area contributed by atoms with Crippen LogP contribution in [0.25, 0.3) is 0 Å². The highest BCUT2D eigenvalue weighted by molar-refractivity contribution is 5.92. The van der Waals surface area contributed by atoms with Crippen LogP contribution in [0.15, 0.2) is 59.1 Å². The quantitative estimate of drug-likeness (QED) is 0.187. The number of esters is 1. The van der Waals surface area contributed by atoms with Gasteiger partial charge in [-0.1, -0.05) is 12.1 Å². The van der Waals surface area contributed by atoms with Crippen LogP contribution in [-0.2, 0) is 27.3 Å². The molecule has 1 N–H and O–H groups in total. The molecule has 1 amide bonds. The van der Waals surface area contributed by atoms with Crippen LogP contribution < -0.4 is 14.8 Å². The molecule has 0 saturated carbocycles. The Labute approximate surface area is 239 Å². The SMILES string of the molecule is COC(=O)C1=C(C)NC(C)=C(N(C=O)CCCN2CCc3cc(OC)c(OC)cc3C2)C1c1ccc([N+](=O)[O-])cc1. The van der Waals surface area contributed by atoms with E-state index in [-0.39, 0.29) is 5.69 Å². The van der Waals surface area contributed by atoms with Gasteiger partial charge in [0.2, 0.25) is 6.41 Å². The van der Waals surface area contributed by atoms with Crippen LogP contribution in [0.1, 0.15) is 42.9 Å². The van der Waals surface area contributed by atoms with Crippen molar-refractivity contribution in [2.24, 2.45) is 0 Å². The van der Waals surface area contributed by atoms with Crippen molar-refractivity contribution in [1.82, 2.24) is 15.1 Å². The maximum Gasteiger partial charge on any atom is 0.336 e. The van der Waals surface area contributed by atoms with E-state index in [1.807, 2.05) is 19.1 Å². The number of hydrogen-bond acceptors (Lipinski definition) is 9. The van der Waals surface area contributed by atoms with Gasteiger partial charge >= 0.3 is 5.97 Å². The zero-order valence-electron chi connectivity index (χ0n) is 24.1. The fourth-order valence-electron chi connectivity index (χ4n) is 5.68. The molecule has 0 aliphatic carbocycles. The van der Waals surface area contributed by atoms with Gasteiger partial charge in [-0.15, -0.1) is 0 Å². The summed E-state index contributed by atoms with van der Waals surface area (Å²) in [6, 6.07) is 10.1. The molecule has 0 aromatic heterocycles. The summed E-state index contributed by atoms with van der Waals surface area (Å²) in [5, 5.41) is 14.5. The van der Waals surface area contributed by atoms with Crippen LogP contribution >= 0.6 is 0 Å². The molecule has 2 aromatic carbocycles. The minimum absolute atomic E-state index is 0.0586. The molecule has 1 unspecified atom stereocenters. The molecule has 0 fully saturated rings. The third kappa shape index (κ3) is 6.19. The molecule has 0 saturated heterocycles. The summed E-state index contributed by atoms with van der Waals surface area (Å²) in [6.07, 6.45) is 2.36. The number of amides is 1. The molecular weight excluding hydrogens is 528 g/mol. The first-order chi connectivity index (χ1) is 19.7. The van der Waals surface area contributed by atoms with E-state index >= 15 is 0 Å². The average Bonchev–Trinajstić information content (AvgIpc) is 2.98. The maximum atomic E-state index is 12.9. The molecule has 4 rings (SSSR count). The Balaban J connectivity index is 1.54. The molecule has 218 valence electrons. The van der Waals surface area contributed by atoms with Crippen LogP contribution in [0.5, 0.6) is 11.5 Å². The molecular formula is C30H36N4O7. The smallest absolute Gasteiger partial charge is 0.336 e. The van der Waals surface area contributed by atoms with Crippen molar-refractivity contribution >= 4 is 18.1 Å². The second kappa shape index (κ2) is 12.9. The summed E-state index contributed by atoms with van der Waals surface area (Å²) in [4.78, 5) is 40.1. The number of allylic oxidation sites excluding steroid dienone is 3. The Morgan fingerprint density at radius 3 is 2.34 bits per heavy atom. The molecule has 2 aliphatic rings. The van der Waals surface area contributed by atoms with E-state index < -0.39 is 16.8 Å². The monoisotopic (exact) mass is 564 g/mol. The highest BCUT2D eigenvalue weighted by Gasteiger charge is 2.36. The van der Waals surface area contributed by atoms with E-state index in [1.165, 1.54) is 30.4 Å². The summed E-state index contributed by atoms with van der Waals surface area (Å²) < 4.78 is 16.0. The fraction of sp³-hybridized carbons (Fsp3) is 0.400. The van der Waals surface area contributed by atoms with Crippen molar-refractivity contribution in [3.05, 3.63) is 85.9 Å². The predicted molar refractivity (Wildman–Crippen MR) is 152 cm³/mol. The van der Waals surface area contributed by atoms with Gasteiger partial charge in [0.05, 0.1) is 43.4 Å². The van der Waals surface area contributed by atoms with E-state index in [9.17, 15) is 19.7 Å². The van der Waals surface area contributed by atoms with Crippen LogP contribution in [0, 0.1) is 10.1 Å². The number of ether oxygens (including phenoxy) is 3. The summed E-state index contributed by atoms with van der Waals surface area (Å²) in [5.41, 5.74) is 5.31. The number of rotatable bonds is 11. The standard InChI is InChI=1S/C30H36N4O7/c1-19-27(30(36)41-5)28(21-7-9-24(10-8-21)34(37)38)29(20(2)31-19)33(18-35)13-6-12-32-14-11-22-15-25(39-3)26(40-4)16-23(22)17-32/h7-10,15-16,18,28,31H,6,11-14,17H2,1-5H3. The number of nitro benzene ring substituents is 1. The second-order valence-corrected chi connectivity index (χ2v) is 10.1. The Morgan fingerprint density at radius 1 is 1.10 bits per heavy atom. The van der Waals surface area contributed by atoms with Gasteiger partial charge in [-0.25, -0.2) is 4.79 Å². The third-order valence-corrected chi connectivity index (χ3v) is 7.68. The lowest BCUT2D eigenvalue weighted by atomic mass is 9.83. The van der Waals surface area contributed by atoms with Gasteiger partial charge in [0.15, 0.2) is 11.5 Å². The minimum atomic E-state index is -0.640. The molecule has 1 atom stereocenters. The van der Waals surface area contributed by atoms with Crippen molar-refractivity contribution in [3.63, 3.8) is 0 Å². The number of non-ortho nitro benzene ring substituents is 1. The van der Waals surface area contributed by atoms with Crippen LogP contribution in [0.3, 0.4) is 0 Å². The van der Waals surface area contributed by atoms with E-state index in [0.29, 0.717) is 41.2 Å². The van der Waals surface area contributed by atoms with Crippen molar-refractivity contribution in [1.29, 1.82) is 0 Å². The van der Waals surface area contributed by atoms with Gasteiger partial charge in [-0.2, -0.15) is 0 Å².